The Hall–Kier alpha value is -2.88. The van der Waals surface area contributed by atoms with Gasteiger partial charge in [0.1, 0.15) is 11.4 Å². The number of carbonyl (C=O) groups is 1. The highest BCUT2D eigenvalue weighted by molar-refractivity contribution is 6.26. The van der Waals surface area contributed by atoms with Gasteiger partial charge in [-0.05, 0) is 23.1 Å². The van der Waals surface area contributed by atoms with Gasteiger partial charge in [0.25, 0.3) is 0 Å². The van der Waals surface area contributed by atoms with Crippen LogP contribution in [-0.4, -0.2) is 17.9 Å². The van der Waals surface area contributed by atoms with E-state index in [-0.39, 0.29) is 5.78 Å². The van der Waals surface area contributed by atoms with E-state index in [4.69, 9.17) is 10.5 Å². The summed E-state index contributed by atoms with van der Waals surface area (Å²) in [6.45, 7) is 0. The van der Waals surface area contributed by atoms with Crippen LogP contribution in [-0.2, 0) is 0 Å². The van der Waals surface area contributed by atoms with Crippen LogP contribution in [0.2, 0.25) is 0 Å². The molecule has 21 heavy (non-hydrogen) atoms. The maximum Gasteiger partial charge on any atom is 0.212 e. The topological polar surface area (TPSA) is 65.2 Å². The van der Waals surface area contributed by atoms with E-state index in [1.165, 1.54) is 0 Å². The molecule has 0 atom stereocenters. The molecular formula is C17H12N2O2. The van der Waals surface area contributed by atoms with Crippen LogP contribution in [0.3, 0.4) is 0 Å². The highest BCUT2D eigenvalue weighted by Gasteiger charge is 2.28. The molecule has 4 nitrogen and oxygen atoms in total. The molecule has 0 aliphatic heterocycles. The summed E-state index contributed by atoms with van der Waals surface area (Å²) >= 11 is 0. The van der Waals surface area contributed by atoms with Crippen LogP contribution in [0.1, 0.15) is 16.1 Å². The van der Waals surface area contributed by atoms with Gasteiger partial charge in [0.15, 0.2) is 0 Å². The summed E-state index contributed by atoms with van der Waals surface area (Å²) < 4.78 is 5.37. The number of rotatable bonds is 1. The van der Waals surface area contributed by atoms with Crippen molar-refractivity contribution in [3.8, 4) is 16.9 Å². The van der Waals surface area contributed by atoms with Gasteiger partial charge in [0.05, 0.1) is 12.8 Å². The van der Waals surface area contributed by atoms with Crippen molar-refractivity contribution in [2.45, 2.75) is 0 Å². The first-order chi connectivity index (χ1) is 10.2. The van der Waals surface area contributed by atoms with Gasteiger partial charge in [0.2, 0.25) is 5.78 Å². The third-order valence-electron chi connectivity index (χ3n) is 3.93. The number of ether oxygens (including phenoxy) is 1. The van der Waals surface area contributed by atoms with E-state index in [9.17, 15) is 4.79 Å². The second-order valence-corrected chi connectivity index (χ2v) is 5.00. The van der Waals surface area contributed by atoms with Crippen LogP contribution in [0.5, 0.6) is 5.75 Å². The number of benzene rings is 2. The lowest BCUT2D eigenvalue weighted by molar-refractivity contribution is 0.103. The number of nitrogens with two attached hydrogens (primary N) is 1. The molecule has 1 aromatic heterocycles. The number of nitrogens with zero attached hydrogens (tertiary/aromatic N) is 1. The fraction of sp³-hybridized carbons (Fsp3) is 0.0588. The highest BCUT2D eigenvalue weighted by atomic mass is 16.5. The van der Waals surface area contributed by atoms with E-state index in [1.54, 1.807) is 19.4 Å². The summed E-state index contributed by atoms with van der Waals surface area (Å²) in [5.74, 6) is 0.548. The van der Waals surface area contributed by atoms with Crippen molar-refractivity contribution in [1.82, 2.24) is 4.98 Å². The maximum absolute atomic E-state index is 12.6. The van der Waals surface area contributed by atoms with Crippen molar-refractivity contribution in [2.75, 3.05) is 12.8 Å². The Balaban J connectivity index is 2.28. The first kappa shape index (κ1) is 11.9. The molecule has 0 saturated carbocycles. The van der Waals surface area contributed by atoms with Gasteiger partial charge < -0.3 is 10.5 Å². The molecule has 0 amide bonds. The maximum atomic E-state index is 12.6. The Kier molecular flexibility index (Phi) is 2.30. The van der Waals surface area contributed by atoms with Crippen LogP contribution < -0.4 is 10.5 Å². The van der Waals surface area contributed by atoms with E-state index >= 15 is 0 Å². The van der Waals surface area contributed by atoms with E-state index in [2.05, 4.69) is 4.98 Å². The smallest absolute Gasteiger partial charge is 0.212 e. The lowest BCUT2D eigenvalue weighted by Gasteiger charge is -2.21. The zero-order valence-electron chi connectivity index (χ0n) is 11.4. The summed E-state index contributed by atoms with van der Waals surface area (Å²) in [4.78, 5) is 16.9. The number of carbonyl (C=O) groups excluding carboxylic acids is 1. The number of aromatic nitrogens is 1. The number of methoxy groups -OCH3 is 1. The summed E-state index contributed by atoms with van der Waals surface area (Å²) in [7, 11) is 1.59. The molecule has 0 radical (unpaired) electrons. The molecule has 3 aromatic rings. The molecule has 1 aliphatic rings. The van der Waals surface area contributed by atoms with Gasteiger partial charge in [-0.25, -0.2) is 0 Å². The average molecular weight is 276 g/mol. The van der Waals surface area contributed by atoms with E-state index in [1.807, 2.05) is 30.3 Å². The molecule has 1 heterocycles. The molecular weight excluding hydrogens is 264 g/mol. The fourth-order valence-electron chi connectivity index (χ4n) is 2.98. The summed E-state index contributed by atoms with van der Waals surface area (Å²) in [6.07, 6.45) is 1.64. The second kappa shape index (κ2) is 4.06. The molecule has 0 unspecified atom stereocenters. The first-order valence-electron chi connectivity index (χ1n) is 6.61. The SMILES string of the molecule is COc1cc2ccnc3c2c(c1N)-c1ccccc1C3=O. The molecule has 2 N–H and O–H groups in total. The number of anilines is 1. The van der Waals surface area contributed by atoms with E-state index in [0.29, 0.717) is 22.7 Å². The molecule has 102 valence electrons. The Labute approximate surface area is 121 Å². The minimum Gasteiger partial charge on any atom is -0.495 e. The number of hydrogen-bond donors (Lipinski definition) is 1. The predicted octanol–water partition coefficient (Wildman–Crippen LogP) is 3.04. The summed E-state index contributed by atoms with van der Waals surface area (Å²) in [5.41, 5.74) is 9.57. The normalized spacial score (nSPS) is 12.3. The molecule has 0 fully saturated rings. The monoisotopic (exact) mass is 276 g/mol. The van der Waals surface area contributed by atoms with Crippen LogP contribution in [0.25, 0.3) is 21.9 Å². The molecule has 0 saturated heterocycles. The van der Waals surface area contributed by atoms with Gasteiger partial charge in [-0.2, -0.15) is 0 Å². The van der Waals surface area contributed by atoms with Crippen molar-refractivity contribution in [3.05, 3.63) is 53.9 Å². The second-order valence-electron chi connectivity index (χ2n) is 5.00. The molecule has 1 aliphatic carbocycles. The quantitative estimate of drug-likeness (QED) is 0.543. The molecule has 4 rings (SSSR count). The standard InChI is InChI=1S/C17H12N2O2/c1-21-12-8-9-6-7-19-16-13(9)14(15(12)18)10-4-2-3-5-11(10)17(16)20/h2-8H,18H2,1H3. The van der Waals surface area contributed by atoms with Crippen molar-refractivity contribution in [2.24, 2.45) is 0 Å². The molecule has 0 spiro atoms. The Bertz CT molecular complexity index is 916. The van der Waals surface area contributed by atoms with Gasteiger partial charge in [-0.1, -0.05) is 24.3 Å². The molecule has 0 bridgehead atoms. The van der Waals surface area contributed by atoms with Crippen molar-refractivity contribution in [3.63, 3.8) is 0 Å². The third-order valence-corrected chi connectivity index (χ3v) is 3.93. The van der Waals surface area contributed by atoms with Gasteiger partial charge in [-0.3, -0.25) is 9.78 Å². The highest BCUT2D eigenvalue weighted by Crippen LogP contribution is 2.45. The van der Waals surface area contributed by atoms with Crippen LogP contribution in [0.4, 0.5) is 5.69 Å². The largest absolute Gasteiger partial charge is 0.495 e. The Morgan fingerprint density at radius 2 is 1.90 bits per heavy atom. The number of pyridine rings is 1. The third kappa shape index (κ3) is 1.44. The molecule has 2 aromatic carbocycles. The van der Waals surface area contributed by atoms with Crippen molar-refractivity contribution >= 4 is 22.2 Å². The van der Waals surface area contributed by atoms with E-state index < -0.39 is 0 Å². The summed E-state index contributed by atoms with van der Waals surface area (Å²) in [5, 5.41) is 1.71. The minimum absolute atomic E-state index is 0.0618. The zero-order valence-corrected chi connectivity index (χ0v) is 11.4. The number of nitrogen functional groups attached to an aromatic ring is 1. The summed E-state index contributed by atoms with van der Waals surface area (Å²) in [6, 6.07) is 11.2. The lowest BCUT2D eigenvalue weighted by atomic mass is 9.84. The lowest BCUT2D eigenvalue weighted by Crippen LogP contribution is -2.13. The van der Waals surface area contributed by atoms with Crippen LogP contribution >= 0.6 is 0 Å². The predicted molar refractivity (Wildman–Crippen MR) is 81.6 cm³/mol. The van der Waals surface area contributed by atoms with Crippen molar-refractivity contribution in [1.29, 1.82) is 0 Å². The first-order valence-corrected chi connectivity index (χ1v) is 6.61. The molecule has 4 heteroatoms. The fourth-order valence-corrected chi connectivity index (χ4v) is 2.98. The van der Waals surface area contributed by atoms with Crippen molar-refractivity contribution < 1.29 is 9.53 Å². The number of hydrogen-bond acceptors (Lipinski definition) is 4. The number of fused-ring (bicyclic) bond motifs is 2. The average Bonchev–Trinajstić information content (AvgIpc) is 2.53. The Morgan fingerprint density at radius 1 is 1.14 bits per heavy atom. The van der Waals surface area contributed by atoms with Gasteiger partial charge in [-0.15, -0.1) is 0 Å². The van der Waals surface area contributed by atoms with E-state index in [0.717, 1.165) is 21.9 Å². The number of ketones is 1. The minimum atomic E-state index is -0.0618. The van der Waals surface area contributed by atoms with Crippen LogP contribution in [0.15, 0.2) is 42.6 Å². The van der Waals surface area contributed by atoms with Crippen LogP contribution in [0, 0.1) is 0 Å². The zero-order chi connectivity index (χ0) is 14.6. The van der Waals surface area contributed by atoms with Gasteiger partial charge >= 0.3 is 0 Å². The Morgan fingerprint density at radius 3 is 2.67 bits per heavy atom. The van der Waals surface area contributed by atoms with Gasteiger partial charge in [0, 0.05) is 22.7 Å².